The average Bonchev–Trinajstić information content (AvgIpc) is 3.24. The highest BCUT2D eigenvalue weighted by Crippen LogP contribution is 2.35. The van der Waals surface area contributed by atoms with Gasteiger partial charge in [-0.05, 0) is 136 Å². The van der Waals surface area contributed by atoms with Gasteiger partial charge < -0.3 is 23.7 Å². The molecule has 0 fully saturated rings. The molecule has 19 heteroatoms. The van der Waals surface area contributed by atoms with E-state index < -0.39 is 83.4 Å². The molecule has 0 amide bonds. The molecular formula is C51H62O14S5. The minimum absolute atomic E-state index is 0.0209. The third-order valence-electron chi connectivity index (χ3n) is 12.5. The Hall–Kier alpha value is -5.08. The van der Waals surface area contributed by atoms with Gasteiger partial charge in [0.2, 0.25) is 0 Å². The van der Waals surface area contributed by atoms with Crippen molar-refractivity contribution in [3.63, 3.8) is 0 Å². The van der Waals surface area contributed by atoms with E-state index in [-0.39, 0.29) is 40.3 Å². The van der Waals surface area contributed by atoms with Gasteiger partial charge in [0.15, 0.2) is 39.3 Å². The summed E-state index contributed by atoms with van der Waals surface area (Å²) in [5, 5.41) is 0. The number of sulfone groups is 4. The number of aryl methyl sites for hydroxylation is 5. The number of ether oxygens (including phenoxy) is 5. The molecule has 0 spiro atoms. The SMILES string of the molecule is C=S1(=O)Cc2cc(C)c(cc2OC)CS(=O)(=O)Cc2cc(C)c(cc2OC)CS(=O)(=O)Cc2cc(OC)c(cc2C)CS(=O)(=O)Cc2cc(OC)c(cc2C)CS(=O)(=O)Cc2cc(OC)c(cc2C)C1. The van der Waals surface area contributed by atoms with Crippen molar-refractivity contribution in [2.24, 2.45) is 0 Å². The van der Waals surface area contributed by atoms with Crippen molar-refractivity contribution in [3.8, 4) is 28.7 Å². The summed E-state index contributed by atoms with van der Waals surface area (Å²) >= 11 is 0. The van der Waals surface area contributed by atoms with Gasteiger partial charge in [-0.3, -0.25) is 4.21 Å². The van der Waals surface area contributed by atoms with Gasteiger partial charge in [0.05, 0.1) is 81.6 Å². The second kappa shape index (κ2) is 20.9. The highest BCUT2D eigenvalue weighted by molar-refractivity contribution is 7.98. The molecule has 1 unspecified atom stereocenters. The van der Waals surface area contributed by atoms with Crippen LogP contribution in [0.3, 0.4) is 0 Å². The predicted molar refractivity (Wildman–Crippen MR) is 277 cm³/mol. The summed E-state index contributed by atoms with van der Waals surface area (Å²) in [6.45, 7) is 8.62. The Morgan fingerprint density at radius 2 is 0.443 bits per heavy atom. The van der Waals surface area contributed by atoms with E-state index in [4.69, 9.17) is 23.7 Å². The topological polar surface area (TPSA) is 200 Å². The number of hydrogen-bond donors (Lipinski definition) is 0. The van der Waals surface area contributed by atoms with E-state index in [9.17, 15) is 37.9 Å². The van der Waals surface area contributed by atoms with Crippen LogP contribution in [0.5, 0.6) is 28.7 Å². The molecule has 0 N–H and O–H groups in total. The van der Waals surface area contributed by atoms with Crippen molar-refractivity contribution in [2.45, 2.75) is 92.1 Å². The molecule has 70 heavy (non-hydrogen) atoms. The molecule has 11 rings (SSSR count). The first kappa shape index (κ1) is 54.3. The molecule has 10 bridgehead atoms. The standard InChI is InChI=1S/C51H62O14S5/c1-32-12-42-22-66(11,52)23-43-13-33(2)38(18-48(43)62-7)27-69(57,58)30-46-16-36(5)41(21-51(46)65-10)28-70(59,60)31-45-15-35(4)40(20-50(45)64-9)25-67(53,54)24-39-19-49(63-8)44(14-34(39)3)29-68(55,56)26-37(32)17-47(42)61-6/h12-21H,11,22-31H2,1-10H3. The van der Waals surface area contributed by atoms with Gasteiger partial charge in [0.25, 0.3) is 0 Å². The second-order valence-corrected chi connectivity index (χ2v) is 29.1. The fourth-order valence-corrected chi connectivity index (χ4v) is 17.1. The fraction of sp³-hybridized carbons (Fsp3) is 0.392. The lowest BCUT2D eigenvalue weighted by molar-refractivity contribution is 0.410. The van der Waals surface area contributed by atoms with Gasteiger partial charge in [0, 0.05) is 39.3 Å². The Morgan fingerprint density at radius 3 is 0.614 bits per heavy atom. The minimum Gasteiger partial charge on any atom is -0.496 e. The van der Waals surface area contributed by atoms with Crippen molar-refractivity contribution < 1.29 is 61.6 Å². The van der Waals surface area contributed by atoms with Crippen molar-refractivity contribution in [2.75, 3.05) is 35.5 Å². The Bertz CT molecular complexity index is 3430. The molecule has 0 radical (unpaired) electrons. The zero-order valence-electron chi connectivity index (χ0n) is 41.3. The molecule has 0 saturated carbocycles. The first-order valence-corrected chi connectivity index (χ1v) is 31.4. The molecule has 6 aliphatic heterocycles. The van der Waals surface area contributed by atoms with Crippen molar-refractivity contribution in [1.82, 2.24) is 0 Å². The third-order valence-corrected chi connectivity index (χ3v) is 20.2. The van der Waals surface area contributed by atoms with Gasteiger partial charge in [-0.1, -0.05) is 30.3 Å². The van der Waals surface area contributed by atoms with Crippen LogP contribution in [-0.2, 0) is 106 Å². The highest BCUT2D eigenvalue weighted by atomic mass is 32.2. The van der Waals surface area contributed by atoms with Crippen LogP contribution in [0.15, 0.2) is 60.7 Å². The zero-order valence-corrected chi connectivity index (χ0v) is 45.4. The zero-order chi connectivity index (χ0) is 51.7. The summed E-state index contributed by atoms with van der Waals surface area (Å²) in [6.07, 6.45) is 0. The van der Waals surface area contributed by atoms with Crippen molar-refractivity contribution in [1.29, 1.82) is 0 Å². The summed E-state index contributed by atoms with van der Waals surface area (Å²) in [7, 11) is -11.4. The van der Waals surface area contributed by atoms with Gasteiger partial charge >= 0.3 is 0 Å². The molecule has 1 atom stereocenters. The smallest absolute Gasteiger partial charge is 0.158 e. The maximum Gasteiger partial charge on any atom is 0.158 e. The summed E-state index contributed by atoms with van der Waals surface area (Å²) in [5.41, 5.74) is 7.21. The number of benzene rings is 5. The average molecular weight is 1060 g/mol. The normalized spacial score (nSPS) is 19.2. The van der Waals surface area contributed by atoms with Crippen LogP contribution in [-0.4, -0.2) is 79.3 Å². The Labute approximate surface area is 414 Å². The summed E-state index contributed by atoms with van der Waals surface area (Å²) in [6, 6.07) is 16.2. The monoisotopic (exact) mass is 1060 g/mol. The number of methoxy groups -OCH3 is 5. The molecule has 6 aliphatic rings. The molecule has 0 aliphatic carbocycles. The molecule has 5 aromatic rings. The molecule has 5 aromatic carbocycles. The van der Waals surface area contributed by atoms with E-state index >= 15 is 0 Å². The van der Waals surface area contributed by atoms with E-state index in [0.29, 0.717) is 95.0 Å². The van der Waals surface area contributed by atoms with Crippen LogP contribution < -0.4 is 23.7 Å². The fourth-order valence-electron chi connectivity index (χ4n) is 8.96. The number of fused-ring (bicyclic) bond motifs is 5. The van der Waals surface area contributed by atoms with Crippen molar-refractivity contribution >= 4 is 54.7 Å². The summed E-state index contributed by atoms with van der Waals surface area (Å²) in [5.74, 6) is 2.15. The van der Waals surface area contributed by atoms with E-state index in [0.717, 1.165) is 0 Å². The van der Waals surface area contributed by atoms with E-state index in [1.54, 1.807) is 89.2 Å². The Morgan fingerprint density at radius 1 is 0.286 bits per heavy atom. The Balaban J connectivity index is 1.43. The van der Waals surface area contributed by atoms with Gasteiger partial charge in [0.1, 0.15) is 28.7 Å². The van der Waals surface area contributed by atoms with Crippen LogP contribution in [0.2, 0.25) is 0 Å². The predicted octanol–water partition coefficient (Wildman–Crippen LogP) is 7.46. The first-order chi connectivity index (χ1) is 32.6. The van der Waals surface area contributed by atoms with Gasteiger partial charge in [-0.2, -0.15) is 0 Å². The van der Waals surface area contributed by atoms with E-state index in [1.807, 2.05) is 0 Å². The Kier molecular flexibility index (Phi) is 16.2. The lowest BCUT2D eigenvalue weighted by Gasteiger charge is -2.19. The lowest BCUT2D eigenvalue weighted by Crippen LogP contribution is -2.14. The molecular weight excluding hydrogens is 997 g/mol. The molecule has 380 valence electrons. The molecule has 0 aromatic heterocycles. The lowest BCUT2D eigenvalue weighted by atomic mass is 10.1. The number of hydrogen-bond acceptors (Lipinski definition) is 14. The second-order valence-electron chi connectivity index (χ2n) is 18.3. The van der Waals surface area contributed by atoms with Crippen LogP contribution in [0.4, 0.5) is 0 Å². The van der Waals surface area contributed by atoms with E-state index in [2.05, 4.69) is 5.87 Å². The summed E-state index contributed by atoms with van der Waals surface area (Å²) < 4.78 is 154. The van der Waals surface area contributed by atoms with Gasteiger partial charge in [-0.25, -0.2) is 33.7 Å². The van der Waals surface area contributed by atoms with Crippen LogP contribution >= 0.6 is 0 Å². The number of rotatable bonds is 5. The molecule has 0 saturated heterocycles. The largest absolute Gasteiger partial charge is 0.496 e. The molecule has 6 heterocycles. The highest BCUT2D eigenvalue weighted by Gasteiger charge is 2.27. The maximum atomic E-state index is 14.3. The summed E-state index contributed by atoms with van der Waals surface area (Å²) in [4.78, 5) is 0. The van der Waals surface area contributed by atoms with Crippen LogP contribution in [0.1, 0.15) is 83.5 Å². The maximum absolute atomic E-state index is 14.3. The first-order valence-electron chi connectivity index (χ1n) is 22.0. The quantitative estimate of drug-likeness (QED) is 0.157. The van der Waals surface area contributed by atoms with E-state index in [1.165, 1.54) is 41.6 Å². The minimum atomic E-state index is -3.90. The van der Waals surface area contributed by atoms with Crippen LogP contribution in [0, 0.1) is 34.6 Å². The van der Waals surface area contributed by atoms with Crippen molar-refractivity contribution in [3.05, 3.63) is 144 Å². The molecule has 14 nitrogen and oxygen atoms in total. The van der Waals surface area contributed by atoms with Crippen LogP contribution in [0.25, 0.3) is 0 Å². The third kappa shape index (κ3) is 13.3. The van der Waals surface area contributed by atoms with Gasteiger partial charge in [-0.15, -0.1) is 0 Å².